The molecule has 0 spiro atoms. The third-order valence-corrected chi connectivity index (χ3v) is 5.57. The molecule has 0 N–H and O–H groups in total. The van der Waals surface area contributed by atoms with Crippen LogP contribution in [0.2, 0.25) is 0 Å². The number of methoxy groups -OCH3 is 1. The lowest BCUT2D eigenvalue weighted by molar-refractivity contribution is -0.113. The smallest absolute Gasteiger partial charge is 0.243 e. The number of hydrogen-bond acceptors (Lipinski definition) is 5. The second-order valence-corrected chi connectivity index (χ2v) is 8.06. The van der Waals surface area contributed by atoms with Crippen LogP contribution in [0, 0.1) is 3.57 Å². The predicted octanol–water partition coefficient (Wildman–Crippen LogP) is 4.73. The fourth-order valence-corrected chi connectivity index (χ4v) is 3.87. The van der Waals surface area contributed by atoms with Crippen LogP contribution in [0.25, 0.3) is 16.2 Å². The summed E-state index contributed by atoms with van der Waals surface area (Å²) >= 11 is 3.20. The number of ether oxygens (including phenoxy) is 1. The molecule has 0 aliphatic heterocycles. The Morgan fingerprint density at radius 2 is 1.85 bits per heavy atom. The molecule has 0 bridgehead atoms. The van der Waals surface area contributed by atoms with Crippen LogP contribution in [0.5, 0.6) is 5.75 Å². The van der Waals surface area contributed by atoms with Crippen LogP contribution in [0.3, 0.4) is 0 Å². The Labute approximate surface area is 173 Å². The lowest BCUT2D eigenvalue weighted by Gasteiger charge is -2.02. The highest BCUT2D eigenvalue weighted by molar-refractivity contribution is 14.1. The van der Waals surface area contributed by atoms with E-state index in [0.29, 0.717) is 0 Å². The Morgan fingerprint density at radius 3 is 2.56 bits per heavy atom. The summed E-state index contributed by atoms with van der Waals surface area (Å²) in [7, 11) is 1.58. The summed E-state index contributed by atoms with van der Waals surface area (Å²) < 4.78 is 6.60. The first kappa shape index (κ1) is 19.4. The maximum absolute atomic E-state index is 12.4. The van der Waals surface area contributed by atoms with Gasteiger partial charge >= 0.3 is 0 Å². The van der Waals surface area contributed by atoms with Crippen LogP contribution < -0.4 is 9.48 Å². The monoisotopic (exact) mass is 490 g/mol. The van der Waals surface area contributed by atoms with E-state index in [1.807, 2.05) is 30.3 Å². The van der Waals surface area contributed by atoms with Crippen LogP contribution >= 0.6 is 33.9 Å². The Hall–Kier alpha value is -2.32. The van der Waals surface area contributed by atoms with Crippen molar-refractivity contribution in [2.45, 2.75) is 6.42 Å². The number of carbonyl (C=O) groups excluding carboxylic acids is 2. The molecule has 0 fully saturated rings. The van der Waals surface area contributed by atoms with Crippen molar-refractivity contribution in [2.24, 2.45) is 0 Å². The average Bonchev–Trinajstić information content (AvgIpc) is 2.66. The minimum atomic E-state index is -0.457. The van der Waals surface area contributed by atoms with Crippen molar-refractivity contribution in [1.29, 1.82) is 0 Å². The first-order valence-electron chi connectivity index (χ1n) is 8.08. The standard InChI is InChI=1S/C21H15IO4S/c1-26-17-7-3-13(4-8-17)2-6-16(23)12-19(24)18-11-14-10-15(22)5-9-20(14)27-21(18)25/h2-11H,12H2,1H3/b6-2-. The third kappa shape index (κ3) is 4.90. The molecule has 4 nitrogen and oxygen atoms in total. The summed E-state index contributed by atoms with van der Waals surface area (Å²) in [6.45, 7) is 0. The minimum Gasteiger partial charge on any atom is -0.497 e. The quantitative estimate of drug-likeness (QED) is 0.217. The molecule has 27 heavy (non-hydrogen) atoms. The molecule has 0 saturated heterocycles. The van der Waals surface area contributed by atoms with Crippen LogP contribution in [0.1, 0.15) is 22.3 Å². The summed E-state index contributed by atoms with van der Waals surface area (Å²) in [6, 6.07) is 14.5. The molecule has 2 aromatic carbocycles. The Kier molecular flexibility index (Phi) is 6.18. The topological polar surface area (TPSA) is 60.4 Å². The molecule has 3 aromatic rings. The second-order valence-electron chi connectivity index (χ2n) is 5.80. The van der Waals surface area contributed by atoms with E-state index >= 15 is 0 Å². The average molecular weight is 490 g/mol. The Bertz CT molecular complexity index is 1100. The zero-order chi connectivity index (χ0) is 19.4. The molecule has 1 heterocycles. The van der Waals surface area contributed by atoms with E-state index < -0.39 is 5.78 Å². The van der Waals surface area contributed by atoms with Crippen molar-refractivity contribution in [3.8, 4) is 5.75 Å². The van der Waals surface area contributed by atoms with Gasteiger partial charge in [-0.1, -0.05) is 29.5 Å². The number of rotatable bonds is 6. The van der Waals surface area contributed by atoms with Gasteiger partial charge in [0.2, 0.25) is 4.74 Å². The molecule has 0 radical (unpaired) electrons. The molecule has 0 amide bonds. The van der Waals surface area contributed by atoms with Gasteiger partial charge in [0, 0.05) is 8.27 Å². The van der Waals surface area contributed by atoms with Gasteiger partial charge in [-0.15, -0.1) is 0 Å². The molecule has 0 aliphatic rings. The minimum absolute atomic E-state index is 0.0701. The number of halogens is 1. The third-order valence-electron chi connectivity index (χ3n) is 3.91. The van der Waals surface area contributed by atoms with E-state index in [-0.39, 0.29) is 22.5 Å². The van der Waals surface area contributed by atoms with Crippen molar-refractivity contribution in [3.05, 3.63) is 78.8 Å². The first-order valence-corrected chi connectivity index (χ1v) is 9.97. The Balaban J connectivity index is 1.75. The second kappa shape index (κ2) is 8.58. The van der Waals surface area contributed by atoms with Gasteiger partial charge in [-0.05, 0) is 76.0 Å². The predicted molar refractivity (Wildman–Crippen MR) is 117 cm³/mol. The number of fused-ring (bicyclic) bond motifs is 1. The van der Waals surface area contributed by atoms with Crippen LogP contribution in [0.15, 0.2) is 59.4 Å². The van der Waals surface area contributed by atoms with Crippen LogP contribution in [-0.2, 0) is 4.79 Å². The highest BCUT2D eigenvalue weighted by Crippen LogP contribution is 2.21. The summed E-state index contributed by atoms with van der Waals surface area (Å²) in [5.74, 6) is -0.0757. The van der Waals surface area contributed by atoms with Gasteiger partial charge in [0.15, 0.2) is 11.6 Å². The molecule has 6 heteroatoms. The van der Waals surface area contributed by atoms with E-state index in [0.717, 1.165) is 36.3 Å². The van der Waals surface area contributed by atoms with Gasteiger partial charge in [-0.2, -0.15) is 0 Å². The highest BCUT2D eigenvalue weighted by Gasteiger charge is 2.15. The van der Waals surface area contributed by atoms with Gasteiger partial charge in [-0.25, -0.2) is 0 Å². The SMILES string of the molecule is COc1ccc(/C=C\C(=O)CC(=O)c2cc3cc(I)ccc3sc2=O)cc1. The van der Waals surface area contributed by atoms with E-state index in [2.05, 4.69) is 22.6 Å². The summed E-state index contributed by atoms with van der Waals surface area (Å²) in [4.78, 5) is 36.8. The number of benzene rings is 2. The molecule has 0 saturated carbocycles. The maximum atomic E-state index is 12.4. The van der Waals surface area contributed by atoms with Gasteiger partial charge in [0.05, 0.1) is 19.1 Å². The first-order chi connectivity index (χ1) is 13.0. The normalized spacial score (nSPS) is 11.0. The summed E-state index contributed by atoms with van der Waals surface area (Å²) in [6.07, 6.45) is 2.67. The molecule has 0 aliphatic carbocycles. The highest BCUT2D eigenvalue weighted by atomic mass is 127. The fourth-order valence-electron chi connectivity index (χ4n) is 2.51. The largest absolute Gasteiger partial charge is 0.497 e. The van der Waals surface area contributed by atoms with E-state index in [4.69, 9.17) is 4.74 Å². The van der Waals surface area contributed by atoms with Crippen LogP contribution in [-0.4, -0.2) is 18.7 Å². The van der Waals surface area contributed by atoms with Gasteiger partial charge in [-0.3, -0.25) is 14.4 Å². The molecule has 136 valence electrons. The molecular weight excluding hydrogens is 475 g/mol. The van der Waals surface area contributed by atoms with Crippen molar-refractivity contribution in [1.82, 2.24) is 0 Å². The van der Waals surface area contributed by atoms with Crippen LogP contribution in [0.4, 0.5) is 0 Å². The zero-order valence-electron chi connectivity index (χ0n) is 14.4. The molecule has 0 unspecified atom stereocenters. The number of allylic oxidation sites excluding steroid dienone is 1. The van der Waals surface area contributed by atoms with Gasteiger partial charge < -0.3 is 4.74 Å². The molecule has 0 atom stereocenters. The molecule has 1 aromatic heterocycles. The lowest BCUT2D eigenvalue weighted by Crippen LogP contribution is -2.14. The number of Topliss-reactive ketones (excluding diaryl/α,β-unsaturated/α-hetero) is 1. The van der Waals surface area contributed by atoms with Crippen molar-refractivity contribution < 1.29 is 14.3 Å². The van der Waals surface area contributed by atoms with E-state index in [1.165, 1.54) is 6.08 Å². The van der Waals surface area contributed by atoms with Crippen molar-refractivity contribution in [2.75, 3.05) is 7.11 Å². The van der Waals surface area contributed by atoms with E-state index in [1.54, 1.807) is 31.4 Å². The fraction of sp³-hybridized carbons (Fsp3) is 0.0952. The maximum Gasteiger partial charge on any atom is 0.243 e. The Morgan fingerprint density at radius 1 is 1.11 bits per heavy atom. The van der Waals surface area contributed by atoms with Gasteiger partial charge in [0.1, 0.15) is 5.75 Å². The number of carbonyl (C=O) groups is 2. The van der Waals surface area contributed by atoms with Crippen molar-refractivity contribution >= 4 is 61.7 Å². The lowest BCUT2D eigenvalue weighted by atomic mass is 10.1. The van der Waals surface area contributed by atoms with E-state index in [9.17, 15) is 14.4 Å². The molecule has 3 rings (SSSR count). The van der Waals surface area contributed by atoms with Gasteiger partial charge in [0.25, 0.3) is 0 Å². The summed E-state index contributed by atoms with van der Waals surface area (Å²) in [5.41, 5.74) is 0.893. The van der Waals surface area contributed by atoms with Crippen molar-refractivity contribution in [3.63, 3.8) is 0 Å². The molecular formula is C21H15IO4S. The zero-order valence-corrected chi connectivity index (χ0v) is 17.4. The number of hydrogen-bond donors (Lipinski definition) is 0. The summed E-state index contributed by atoms with van der Waals surface area (Å²) in [5, 5.41) is 0.830. The number of ketones is 2.